The number of aliphatic hydroxyl groups is 1. The number of carbonyl (C=O) groups is 1. The maximum absolute atomic E-state index is 11.7. The Kier molecular flexibility index (Phi) is 5.17. The minimum absolute atomic E-state index is 0.247. The highest BCUT2D eigenvalue weighted by molar-refractivity contribution is 6.30. The molecule has 6 heteroatoms. The molecule has 0 heterocycles. The molecule has 5 nitrogen and oxygen atoms in total. The van der Waals surface area contributed by atoms with Gasteiger partial charge in [-0.05, 0) is 44.5 Å². The van der Waals surface area contributed by atoms with Gasteiger partial charge < -0.3 is 15.6 Å². The average molecular weight is 287 g/mol. The molecule has 106 valence electrons. The molecule has 0 aliphatic carbocycles. The average Bonchev–Trinajstić information content (AvgIpc) is 2.28. The number of aliphatic hydroxyl groups excluding tert-OH is 1. The SMILES string of the molecule is CC(C)(C)OC(=O)Nc1ccc(Cl)cc1[C@H](N)CO. The largest absolute Gasteiger partial charge is 0.444 e. The molecule has 19 heavy (non-hydrogen) atoms. The Hall–Kier alpha value is -1.30. The smallest absolute Gasteiger partial charge is 0.412 e. The molecule has 1 atom stereocenters. The molecule has 0 aromatic heterocycles. The number of rotatable bonds is 3. The Morgan fingerprint density at radius 3 is 2.68 bits per heavy atom. The van der Waals surface area contributed by atoms with E-state index in [1.165, 1.54) is 0 Å². The summed E-state index contributed by atoms with van der Waals surface area (Å²) in [6, 6.07) is 4.23. The molecule has 0 radical (unpaired) electrons. The summed E-state index contributed by atoms with van der Waals surface area (Å²) in [5.74, 6) is 0. The van der Waals surface area contributed by atoms with Gasteiger partial charge in [0.1, 0.15) is 5.60 Å². The Labute approximate surface area is 117 Å². The lowest BCUT2D eigenvalue weighted by Gasteiger charge is -2.21. The third-order valence-electron chi connectivity index (χ3n) is 2.25. The van der Waals surface area contributed by atoms with Crippen molar-refractivity contribution < 1.29 is 14.6 Å². The molecule has 0 bridgehead atoms. The molecule has 4 N–H and O–H groups in total. The van der Waals surface area contributed by atoms with Crippen LogP contribution < -0.4 is 11.1 Å². The molecule has 0 spiro atoms. The van der Waals surface area contributed by atoms with Gasteiger partial charge in [-0.3, -0.25) is 5.32 Å². The molecular formula is C13H19ClN2O3. The van der Waals surface area contributed by atoms with Crippen molar-refractivity contribution in [3.63, 3.8) is 0 Å². The number of ether oxygens (including phenoxy) is 1. The van der Waals surface area contributed by atoms with Crippen molar-refractivity contribution in [2.45, 2.75) is 32.4 Å². The fourth-order valence-corrected chi connectivity index (χ4v) is 1.65. The minimum atomic E-state index is -0.622. The van der Waals surface area contributed by atoms with Gasteiger partial charge in [0.2, 0.25) is 0 Å². The van der Waals surface area contributed by atoms with Crippen LogP contribution in [0.5, 0.6) is 0 Å². The van der Waals surface area contributed by atoms with E-state index in [1.54, 1.807) is 39.0 Å². The number of carbonyl (C=O) groups excluding carboxylic acids is 1. The van der Waals surface area contributed by atoms with Gasteiger partial charge in [-0.1, -0.05) is 11.6 Å². The first-order valence-electron chi connectivity index (χ1n) is 5.89. The Morgan fingerprint density at radius 1 is 1.53 bits per heavy atom. The zero-order valence-electron chi connectivity index (χ0n) is 11.2. The molecule has 0 unspecified atom stereocenters. The topological polar surface area (TPSA) is 84.6 Å². The number of halogens is 1. The van der Waals surface area contributed by atoms with Crippen LogP contribution >= 0.6 is 11.6 Å². The van der Waals surface area contributed by atoms with Crippen molar-refractivity contribution in [2.75, 3.05) is 11.9 Å². The second-order valence-electron chi connectivity index (χ2n) is 5.15. The summed E-state index contributed by atoms with van der Waals surface area (Å²) < 4.78 is 5.15. The summed E-state index contributed by atoms with van der Waals surface area (Å²) in [4.78, 5) is 11.7. The molecule has 1 aromatic carbocycles. The highest BCUT2D eigenvalue weighted by Crippen LogP contribution is 2.25. The summed E-state index contributed by atoms with van der Waals surface area (Å²) in [6.45, 7) is 5.07. The number of hydrogen-bond acceptors (Lipinski definition) is 4. The number of amides is 1. The van der Waals surface area contributed by atoms with Gasteiger partial charge in [-0.25, -0.2) is 4.79 Å². The first-order chi connectivity index (χ1) is 8.73. The van der Waals surface area contributed by atoms with E-state index in [0.29, 0.717) is 16.3 Å². The summed E-state index contributed by atoms with van der Waals surface area (Å²) in [5.41, 5.74) is 6.21. The van der Waals surface area contributed by atoms with E-state index in [2.05, 4.69) is 5.32 Å². The minimum Gasteiger partial charge on any atom is -0.444 e. The zero-order valence-corrected chi connectivity index (χ0v) is 12.0. The van der Waals surface area contributed by atoms with Gasteiger partial charge in [-0.15, -0.1) is 0 Å². The van der Waals surface area contributed by atoms with E-state index in [0.717, 1.165) is 0 Å². The zero-order chi connectivity index (χ0) is 14.6. The van der Waals surface area contributed by atoms with Crippen LogP contribution in [0.4, 0.5) is 10.5 Å². The van der Waals surface area contributed by atoms with Gasteiger partial charge in [0.25, 0.3) is 0 Å². The van der Waals surface area contributed by atoms with Gasteiger partial charge in [0, 0.05) is 10.7 Å². The summed E-state index contributed by atoms with van der Waals surface area (Å²) in [7, 11) is 0. The van der Waals surface area contributed by atoms with E-state index in [9.17, 15) is 4.79 Å². The first kappa shape index (κ1) is 15.8. The quantitative estimate of drug-likeness (QED) is 0.797. The summed E-state index contributed by atoms with van der Waals surface area (Å²) in [5, 5.41) is 12.2. The Morgan fingerprint density at radius 2 is 2.16 bits per heavy atom. The van der Waals surface area contributed by atoms with Gasteiger partial charge >= 0.3 is 6.09 Å². The van der Waals surface area contributed by atoms with Crippen molar-refractivity contribution in [1.29, 1.82) is 0 Å². The number of hydrogen-bond donors (Lipinski definition) is 3. The van der Waals surface area contributed by atoms with Crippen LogP contribution in [-0.2, 0) is 4.74 Å². The van der Waals surface area contributed by atoms with E-state index >= 15 is 0 Å². The molecular weight excluding hydrogens is 268 g/mol. The second kappa shape index (κ2) is 6.23. The van der Waals surface area contributed by atoms with E-state index in [4.69, 9.17) is 27.2 Å². The number of nitrogens with two attached hydrogens (primary N) is 1. The van der Waals surface area contributed by atoms with Crippen molar-refractivity contribution in [2.24, 2.45) is 5.73 Å². The van der Waals surface area contributed by atoms with Crippen LogP contribution in [0.15, 0.2) is 18.2 Å². The predicted octanol–water partition coefficient (Wildman–Crippen LogP) is 2.68. The maximum Gasteiger partial charge on any atom is 0.412 e. The summed E-state index contributed by atoms with van der Waals surface area (Å²) in [6.07, 6.45) is -0.582. The molecule has 0 aliphatic rings. The van der Waals surface area contributed by atoms with Gasteiger partial charge in [0.15, 0.2) is 0 Å². The van der Waals surface area contributed by atoms with Crippen LogP contribution in [0.25, 0.3) is 0 Å². The predicted molar refractivity (Wildman–Crippen MR) is 75.3 cm³/mol. The van der Waals surface area contributed by atoms with Crippen LogP contribution in [0.2, 0.25) is 5.02 Å². The lowest BCUT2D eigenvalue weighted by Crippen LogP contribution is -2.28. The van der Waals surface area contributed by atoms with Crippen molar-refractivity contribution in [3.05, 3.63) is 28.8 Å². The van der Waals surface area contributed by atoms with Crippen LogP contribution in [0, 0.1) is 0 Å². The molecule has 0 aliphatic heterocycles. The van der Waals surface area contributed by atoms with Crippen LogP contribution in [-0.4, -0.2) is 23.4 Å². The van der Waals surface area contributed by atoms with Crippen molar-refractivity contribution in [3.8, 4) is 0 Å². The van der Waals surface area contributed by atoms with Crippen LogP contribution in [0.3, 0.4) is 0 Å². The Balaban J connectivity index is 2.91. The standard InChI is InChI=1S/C13H19ClN2O3/c1-13(2,3)19-12(18)16-11-5-4-8(14)6-9(11)10(15)7-17/h4-6,10,17H,7,15H2,1-3H3,(H,16,18)/t10-/m1/s1. The van der Waals surface area contributed by atoms with E-state index < -0.39 is 17.7 Å². The van der Waals surface area contributed by atoms with E-state index in [-0.39, 0.29) is 6.61 Å². The molecule has 0 saturated carbocycles. The second-order valence-corrected chi connectivity index (χ2v) is 5.58. The molecule has 1 rings (SSSR count). The Bertz CT molecular complexity index is 458. The third-order valence-corrected chi connectivity index (χ3v) is 2.48. The number of anilines is 1. The number of nitrogens with one attached hydrogen (secondary N) is 1. The fraction of sp³-hybridized carbons (Fsp3) is 0.462. The highest BCUT2D eigenvalue weighted by Gasteiger charge is 2.18. The molecule has 1 amide bonds. The third kappa shape index (κ3) is 5.06. The lowest BCUT2D eigenvalue weighted by molar-refractivity contribution is 0.0635. The monoisotopic (exact) mass is 286 g/mol. The normalized spacial score (nSPS) is 12.9. The summed E-state index contributed by atoms with van der Waals surface area (Å²) >= 11 is 5.88. The first-order valence-corrected chi connectivity index (χ1v) is 6.26. The van der Waals surface area contributed by atoms with E-state index in [1.807, 2.05) is 0 Å². The molecule has 0 fully saturated rings. The van der Waals surface area contributed by atoms with Crippen molar-refractivity contribution in [1.82, 2.24) is 0 Å². The maximum atomic E-state index is 11.7. The molecule has 1 aromatic rings. The van der Waals surface area contributed by atoms with Crippen LogP contribution in [0.1, 0.15) is 32.4 Å². The van der Waals surface area contributed by atoms with Gasteiger partial charge in [-0.2, -0.15) is 0 Å². The van der Waals surface area contributed by atoms with Gasteiger partial charge in [0.05, 0.1) is 12.6 Å². The molecule has 0 saturated heterocycles. The lowest BCUT2D eigenvalue weighted by atomic mass is 10.1. The fourth-order valence-electron chi connectivity index (χ4n) is 1.47. The highest BCUT2D eigenvalue weighted by atomic mass is 35.5. The van der Waals surface area contributed by atoms with Crippen molar-refractivity contribution >= 4 is 23.4 Å². The number of benzene rings is 1.